The lowest BCUT2D eigenvalue weighted by Gasteiger charge is -2.21. The predicted octanol–water partition coefficient (Wildman–Crippen LogP) is 3.27. The molecule has 0 aliphatic carbocycles. The first kappa shape index (κ1) is 20.4. The zero-order valence-electron chi connectivity index (χ0n) is 14.9. The highest BCUT2D eigenvalue weighted by Gasteiger charge is 2.30. The van der Waals surface area contributed by atoms with Gasteiger partial charge in [0.25, 0.3) is 0 Å². The molecule has 140 valence electrons. The molecule has 8 heteroatoms. The molecule has 0 heterocycles. The summed E-state index contributed by atoms with van der Waals surface area (Å²) >= 11 is 3.27. The summed E-state index contributed by atoms with van der Waals surface area (Å²) in [6.45, 7) is 3.63. The first-order valence-electron chi connectivity index (χ1n) is 7.71. The molecule has 0 bridgehead atoms. The largest absolute Gasteiger partial charge is 0.496 e. The molecule has 1 atom stereocenters. The van der Waals surface area contributed by atoms with E-state index in [9.17, 15) is 13.2 Å². The number of methoxy groups -OCH3 is 2. The fourth-order valence-corrected chi connectivity index (χ4v) is 4.54. The van der Waals surface area contributed by atoms with Crippen LogP contribution in [0.1, 0.15) is 22.7 Å². The maximum Gasteiger partial charge on any atom is 0.328 e. The van der Waals surface area contributed by atoms with Crippen molar-refractivity contribution in [2.24, 2.45) is 0 Å². The average Bonchev–Trinajstić information content (AvgIpc) is 2.59. The number of benzene rings is 2. The number of halogens is 1. The Morgan fingerprint density at radius 1 is 1.12 bits per heavy atom. The van der Waals surface area contributed by atoms with Gasteiger partial charge in [-0.2, -0.15) is 4.72 Å². The minimum atomic E-state index is -3.98. The van der Waals surface area contributed by atoms with Crippen molar-refractivity contribution < 1.29 is 22.7 Å². The number of nitrogens with one attached hydrogen (secondary N) is 1. The van der Waals surface area contributed by atoms with Crippen molar-refractivity contribution in [1.29, 1.82) is 0 Å². The normalized spacial score (nSPS) is 12.5. The highest BCUT2D eigenvalue weighted by Crippen LogP contribution is 2.29. The van der Waals surface area contributed by atoms with Gasteiger partial charge in [-0.3, -0.25) is 0 Å². The Balaban J connectivity index is 2.48. The summed E-state index contributed by atoms with van der Waals surface area (Å²) in [4.78, 5) is 12.3. The second kappa shape index (κ2) is 8.20. The molecule has 6 nitrogen and oxygen atoms in total. The SMILES string of the molecule is COC(=O)[C@H](NS(=O)(=O)c1ccc(OC)c(Br)c1)c1c(C)cccc1C. The van der Waals surface area contributed by atoms with E-state index < -0.39 is 22.0 Å². The van der Waals surface area contributed by atoms with Crippen molar-refractivity contribution in [3.05, 3.63) is 57.6 Å². The summed E-state index contributed by atoms with van der Waals surface area (Å²) in [5, 5.41) is 0. The second-order valence-electron chi connectivity index (χ2n) is 5.68. The van der Waals surface area contributed by atoms with Gasteiger partial charge in [0.05, 0.1) is 23.6 Å². The van der Waals surface area contributed by atoms with Gasteiger partial charge in [-0.1, -0.05) is 18.2 Å². The summed E-state index contributed by atoms with van der Waals surface area (Å²) in [7, 11) is -1.27. The van der Waals surface area contributed by atoms with Crippen molar-refractivity contribution in [2.45, 2.75) is 24.8 Å². The number of carbonyl (C=O) groups excluding carboxylic acids is 1. The molecule has 2 aromatic carbocycles. The van der Waals surface area contributed by atoms with E-state index in [4.69, 9.17) is 9.47 Å². The molecule has 0 saturated heterocycles. The Morgan fingerprint density at radius 2 is 1.73 bits per heavy atom. The third-order valence-corrected chi connectivity index (χ3v) is 6.01. The van der Waals surface area contributed by atoms with Crippen molar-refractivity contribution in [3.63, 3.8) is 0 Å². The van der Waals surface area contributed by atoms with Crippen LogP contribution in [0.25, 0.3) is 0 Å². The molecule has 0 amide bonds. The molecular formula is C18H20BrNO5S. The van der Waals surface area contributed by atoms with Crippen LogP contribution >= 0.6 is 15.9 Å². The van der Waals surface area contributed by atoms with E-state index >= 15 is 0 Å². The lowest BCUT2D eigenvalue weighted by molar-refractivity contribution is -0.142. The molecule has 0 aromatic heterocycles. The van der Waals surface area contributed by atoms with E-state index in [1.807, 2.05) is 32.0 Å². The smallest absolute Gasteiger partial charge is 0.328 e. The number of hydrogen-bond acceptors (Lipinski definition) is 5. The number of hydrogen-bond donors (Lipinski definition) is 1. The van der Waals surface area contributed by atoms with E-state index in [1.54, 1.807) is 0 Å². The van der Waals surface area contributed by atoms with Crippen LogP contribution in [0, 0.1) is 13.8 Å². The molecule has 2 rings (SSSR count). The van der Waals surface area contributed by atoms with Crippen molar-refractivity contribution in [3.8, 4) is 5.75 Å². The maximum absolute atomic E-state index is 12.8. The van der Waals surface area contributed by atoms with Gasteiger partial charge in [-0.25, -0.2) is 13.2 Å². The summed E-state index contributed by atoms with van der Waals surface area (Å²) in [5.74, 6) is -0.179. The van der Waals surface area contributed by atoms with Crippen molar-refractivity contribution in [1.82, 2.24) is 4.72 Å². The zero-order valence-corrected chi connectivity index (χ0v) is 17.3. The molecule has 1 N–H and O–H groups in total. The van der Waals surface area contributed by atoms with Crippen LogP contribution in [-0.2, 0) is 19.6 Å². The van der Waals surface area contributed by atoms with E-state index in [2.05, 4.69) is 20.7 Å². The molecule has 0 aliphatic rings. The third kappa shape index (κ3) is 4.25. The Kier molecular flexibility index (Phi) is 6.44. The molecule has 0 spiro atoms. The van der Waals surface area contributed by atoms with E-state index in [1.165, 1.54) is 32.4 Å². The molecule has 26 heavy (non-hydrogen) atoms. The third-order valence-electron chi connectivity index (χ3n) is 3.97. The van der Waals surface area contributed by atoms with Crippen LogP contribution in [-0.4, -0.2) is 28.6 Å². The van der Waals surface area contributed by atoms with Crippen LogP contribution in [0.3, 0.4) is 0 Å². The van der Waals surface area contributed by atoms with E-state index in [0.717, 1.165) is 11.1 Å². The molecule has 0 saturated carbocycles. The number of aryl methyl sites for hydroxylation is 2. The molecule has 2 aromatic rings. The van der Waals surface area contributed by atoms with Gasteiger partial charge < -0.3 is 9.47 Å². The quantitative estimate of drug-likeness (QED) is 0.695. The first-order chi connectivity index (χ1) is 12.2. The summed E-state index contributed by atoms with van der Waals surface area (Å²) in [6.07, 6.45) is 0. The van der Waals surface area contributed by atoms with Gasteiger partial charge in [0.15, 0.2) is 0 Å². The van der Waals surface area contributed by atoms with Gasteiger partial charge >= 0.3 is 5.97 Å². The van der Waals surface area contributed by atoms with Gasteiger partial charge in [0.1, 0.15) is 11.8 Å². The standard InChI is InChI=1S/C18H20BrNO5S/c1-11-6-5-7-12(2)16(11)17(18(21)25-4)20-26(22,23)13-8-9-15(24-3)14(19)10-13/h5-10,17,20H,1-4H3/t17-/m1/s1. The Hall–Kier alpha value is -1.90. The van der Waals surface area contributed by atoms with Crippen molar-refractivity contribution >= 4 is 31.9 Å². The molecule has 0 aliphatic heterocycles. The second-order valence-corrected chi connectivity index (χ2v) is 8.25. The predicted molar refractivity (Wildman–Crippen MR) is 102 cm³/mol. The fraction of sp³-hybridized carbons (Fsp3) is 0.278. The van der Waals surface area contributed by atoms with Gasteiger partial charge in [-0.05, 0) is 64.7 Å². The van der Waals surface area contributed by atoms with Crippen LogP contribution in [0.5, 0.6) is 5.75 Å². The molecule has 0 fully saturated rings. The lowest BCUT2D eigenvalue weighted by atomic mass is 9.97. The Labute approximate surface area is 161 Å². The van der Waals surface area contributed by atoms with Crippen LogP contribution in [0.2, 0.25) is 0 Å². The number of rotatable bonds is 6. The maximum atomic E-state index is 12.8. The van der Waals surface area contributed by atoms with Crippen LogP contribution in [0.15, 0.2) is 45.8 Å². The Morgan fingerprint density at radius 3 is 2.23 bits per heavy atom. The lowest BCUT2D eigenvalue weighted by Crippen LogP contribution is -2.35. The number of ether oxygens (including phenoxy) is 2. The van der Waals surface area contributed by atoms with Crippen molar-refractivity contribution in [2.75, 3.05) is 14.2 Å². The summed E-state index contributed by atoms with van der Waals surface area (Å²) in [5.41, 5.74) is 2.16. The zero-order chi connectivity index (χ0) is 19.5. The van der Waals surface area contributed by atoms with Gasteiger partial charge in [0.2, 0.25) is 10.0 Å². The highest BCUT2D eigenvalue weighted by molar-refractivity contribution is 9.10. The monoisotopic (exact) mass is 441 g/mol. The minimum absolute atomic E-state index is 0.00492. The number of esters is 1. The van der Waals surface area contributed by atoms with E-state index in [-0.39, 0.29) is 4.90 Å². The first-order valence-corrected chi connectivity index (χ1v) is 9.98. The summed E-state index contributed by atoms with van der Waals surface area (Å²) in [6, 6.07) is 8.69. The summed E-state index contributed by atoms with van der Waals surface area (Å²) < 4.78 is 38.5. The average molecular weight is 442 g/mol. The van der Waals surface area contributed by atoms with Crippen LogP contribution in [0.4, 0.5) is 0 Å². The van der Waals surface area contributed by atoms with E-state index in [0.29, 0.717) is 15.8 Å². The topological polar surface area (TPSA) is 81.7 Å². The van der Waals surface area contributed by atoms with Crippen LogP contribution < -0.4 is 9.46 Å². The molecular weight excluding hydrogens is 422 g/mol. The molecule has 0 radical (unpaired) electrons. The van der Waals surface area contributed by atoms with Gasteiger partial charge in [-0.15, -0.1) is 0 Å². The highest BCUT2D eigenvalue weighted by atomic mass is 79.9. The fourth-order valence-electron chi connectivity index (χ4n) is 2.66. The minimum Gasteiger partial charge on any atom is -0.496 e. The Bertz CT molecular complexity index is 907. The molecule has 0 unspecified atom stereocenters. The number of sulfonamides is 1. The van der Waals surface area contributed by atoms with Gasteiger partial charge in [0, 0.05) is 0 Å². The number of carbonyl (C=O) groups is 1.